The van der Waals surface area contributed by atoms with E-state index in [9.17, 15) is 14.4 Å². The average molecular weight is 296 g/mol. The molecule has 2 N–H and O–H groups in total. The van der Waals surface area contributed by atoms with Crippen molar-refractivity contribution >= 4 is 23.3 Å². The summed E-state index contributed by atoms with van der Waals surface area (Å²) in [6.45, 7) is 0. The van der Waals surface area contributed by atoms with Crippen LogP contribution in [0.15, 0.2) is 60.7 Å². The maximum absolute atomic E-state index is 12.2. The summed E-state index contributed by atoms with van der Waals surface area (Å²) in [4.78, 5) is 33.9. The maximum Gasteiger partial charge on any atom is 0.336 e. The zero-order chi connectivity index (χ0) is 16.1. The Labute approximate surface area is 126 Å². The number of carboxylic acids is 2. The molecule has 2 aromatic rings. The summed E-state index contributed by atoms with van der Waals surface area (Å²) in [6, 6.07) is 14.5. The van der Waals surface area contributed by atoms with Crippen LogP contribution in [0.5, 0.6) is 0 Å². The van der Waals surface area contributed by atoms with Gasteiger partial charge < -0.3 is 10.2 Å². The minimum absolute atomic E-state index is 0.189. The molecule has 0 atom stereocenters. The van der Waals surface area contributed by atoms with Crippen molar-refractivity contribution in [2.45, 2.75) is 0 Å². The van der Waals surface area contributed by atoms with Gasteiger partial charge in [-0.15, -0.1) is 0 Å². The molecule has 0 spiro atoms. The lowest BCUT2D eigenvalue weighted by Gasteiger charge is -2.04. The number of hydrogen-bond acceptors (Lipinski definition) is 3. The molecule has 0 bridgehead atoms. The molecule has 0 aliphatic carbocycles. The van der Waals surface area contributed by atoms with Crippen LogP contribution in [0.25, 0.3) is 5.57 Å². The van der Waals surface area contributed by atoms with E-state index in [0.29, 0.717) is 17.2 Å². The first-order valence-electron chi connectivity index (χ1n) is 6.37. The van der Waals surface area contributed by atoms with Gasteiger partial charge in [-0.05, 0) is 5.56 Å². The summed E-state index contributed by atoms with van der Waals surface area (Å²) in [7, 11) is 0. The Hall–Kier alpha value is -3.21. The molecule has 0 amide bonds. The zero-order valence-corrected chi connectivity index (χ0v) is 11.4. The van der Waals surface area contributed by atoms with Gasteiger partial charge in [-0.2, -0.15) is 0 Å². The van der Waals surface area contributed by atoms with E-state index >= 15 is 0 Å². The van der Waals surface area contributed by atoms with Crippen molar-refractivity contribution in [1.29, 1.82) is 0 Å². The standard InChI is InChI=1S/C17H12O5/c18-15(19)10-14(17(21)22)11-6-8-13(9-7-11)16(20)12-4-2-1-3-5-12/h1-10H,(H,18,19)(H,21,22)/b14-10-. The van der Waals surface area contributed by atoms with E-state index in [4.69, 9.17) is 10.2 Å². The Balaban J connectivity index is 2.32. The molecule has 0 unspecified atom stereocenters. The minimum atomic E-state index is -1.35. The highest BCUT2D eigenvalue weighted by Gasteiger charge is 2.14. The Bertz CT molecular complexity index is 742. The number of carboxylic acid groups (broad SMARTS) is 2. The fourth-order valence-electron chi connectivity index (χ4n) is 1.95. The number of carbonyl (C=O) groups is 3. The van der Waals surface area contributed by atoms with Gasteiger partial charge in [-0.1, -0.05) is 54.6 Å². The third-order valence-electron chi connectivity index (χ3n) is 2.99. The number of aliphatic carboxylic acids is 2. The molecule has 0 heterocycles. The molecule has 110 valence electrons. The van der Waals surface area contributed by atoms with Gasteiger partial charge >= 0.3 is 11.9 Å². The minimum Gasteiger partial charge on any atom is -0.478 e. The van der Waals surface area contributed by atoms with E-state index in [1.807, 2.05) is 0 Å². The van der Waals surface area contributed by atoms with Crippen molar-refractivity contribution in [2.24, 2.45) is 0 Å². The van der Waals surface area contributed by atoms with Gasteiger partial charge in [0.25, 0.3) is 0 Å². The van der Waals surface area contributed by atoms with Crippen LogP contribution in [0.3, 0.4) is 0 Å². The molecule has 5 heteroatoms. The second-order valence-electron chi connectivity index (χ2n) is 4.47. The quantitative estimate of drug-likeness (QED) is 0.653. The van der Waals surface area contributed by atoms with Gasteiger partial charge in [0.15, 0.2) is 5.78 Å². The van der Waals surface area contributed by atoms with Crippen LogP contribution in [-0.2, 0) is 9.59 Å². The monoisotopic (exact) mass is 296 g/mol. The summed E-state index contributed by atoms with van der Waals surface area (Å²) in [5, 5.41) is 17.7. The fraction of sp³-hybridized carbons (Fsp3) is 0. The van der Waals surface area contributed by atoms with Crippen LogP contribution in [0.1, 0.15) is 21.5 Å². The van der Waals surface area contributed by atoms with Crippen LogP contribution in [-0.4, -0.2) is 27.9 Å². The van der Waals surface area contributed by atoms with E-state index < -0.39 is 11.9 Å². The first-order chi connectivity index (χ1) is 10.5. The van der Waals surface area contributed by atoms with Crippen LogP contribution in [0, 0.1) is 0 Å². The molecule has 5 nitrogen and oxygen atoms in total. The molecule has 0 saturated carbocycles. The molecule has 2 aromatic carbocycles. The predicted molar refractivity (Wildman–Crippen MR) is 79.6 cm³/mol. The Morgan fingerprint density at radius 2 is 1.23 bits per heavy atom. The van der Waals surface area contributed by atoms with Crippen molar-refractivity contribution < 1.29 is 24.6 Å². The van der Waals surface area contributed by atoms with Gasteiger partial charge in [-0.3, -0.25) is 4.79 Å². The molecule has 22 heavy (non-hydrogen) atoms. The van der Waals surface area contributed by atoms with Gasteiger partial charge in [0.05, 0.1) is 5.57 Å². The molecule has 0 aromatic heterocycles. The normalized spacial score (nSPS) is 11.0. The van der Waals surface area contributed by atoms with Crippen molar-refractivity contribution in [3.8, 4) is 0 Å². The summed E-state index contributed by atoms with van der Waals surface area (Å²) in [5.74, 6) is -2.88. The first kappa shape index (κ1) is 15.2. The Morgan fingerprint density at radius 3 is 1.73 bits per heavy atom. The van der Waals surface area contributed by atoms with E-state index in [0.717, 1.165) is 0 Å². The van der Waals surface area contributed by atoms with Crippen molar-refractivity contribution in [2.75, 3.05) is 0 Å². The second-order valence-corrected chi connectivity index (χ2v) is 4.47. The second kappa shape index (κ2) is 6.49. The Morgan fingerprint density at radius 1 is 0.727 bits per heavy atom. The van der Waals surface area contributed by atoms with Crippen molar-refractivity contribution in [3.05, 3.63) is 77.4 Å². The highest BCUT2D eigenvalue weighted by Crippen LogP contribution is 2.17. The average Bonchev–Trinajstić information content (AvgIpc) is 2.52. The topological polar surface area (TPSA) is 91.7 Å². The number of ketones is 1. The first-order valence-corrected chi connectivity index (χ1v) is 6.37. The molecule has 0 aliphatic rings. The van der Waals surface area contributed by atoms with Gasteiger partial charge in [-0.25, -0.2) is 9.59 Å². The van der Waals surface area contributed by atoms with Crippen LogP contribution < -0.4 is 0 Å². The Kier molecular flexibility index (Phi) is 4.48. The molecule has 0 fully saturated rings. The molecule has 0 radical (unpaired) electrons. The van der Waals surface area contributed by atoms with Gasteiger partial charge in [0.1, 0.15) is 0 Å². The van der Waals surface area contributed by atoms with Crippen molar-refractivity contribution in [1.82, 2.24) is 0 Å². The highest BCUT2D eigenvalue weighted by atomic mass is 16.4. The van der Waals surface area contributed by atoms with E-state index in [-0.39, 0.29) is 16.9 Å². The van der Waals surface area contributed by atoms with E-state index in [2.05, 4.69) is 0 Å². The summed E-state index contributed by atoms with van der Waals surface area (Å²) >= 11 is 0. The number of rotatable bonds is 5. The lowest BCUT2D eigenvalue weighted by Crippen LogP contribution is -2.05. The number of carbonyl (C=O) groups excluding carboxylic acids is 1. The number of benzene rings is 2. The summed E-state index contributed by atoms with van der Waals surface area (Å²) < 4.78 is 0. The van der Waals surface area contributed by atoms with E-state index in [1.165, 1.54) is 24.3 Å². The predicted octanol–water partition coefficient (Wildman–Crippen LogP) is 2.47. The third-order valence-corrected chi connectivity index (χ3v) is 2.99. The molecule has 0 saturated heterocycles. The van der Waals surface area contributed by atoms with Crippen LogP contribution >= 0.6 is 0 Å². The summed E-state index contributed by atoms with van der Waals surface area (Å²) in [5.41, 5.74) is 0.801. The third kappa shape index (κ3) is 3.46. The van der Waals surface area contributed by atoms with Gasteiger partial charge in [0, 0.05) is 17.2 Å². The van der Waals surface area contributed by atoms with Crippen LogP contribution in [0.2, 0.25) is 0 Å². The van der Waals surface area contributed by atoms with E-state index in [1.54, 1.807) is 30.3 Å². The lowest BCUT2D eigenvalue weighted by atomic mass is 9.99. The largest absolute Gasteiger partial charge is 0.478 e. The maximum atomic E-state index is 12.2. The highest BCUT2D eigenvalue weighted by molar-refractivity contribution is 6.19. The van der Waals surface area contributed by atoms with Crippen molar-refractivity contribution in [3.63, 3.8) is 0 Å². The number of hydrogen-bond donors (Lipinski definition) is 2. The SMILES string of the molecule is O=C(O)/C=C(\C(=O)O)c1ccc(C(=O)c2ccccc2)cc1. The summed E-state index contributed by atoms with van der Waals surface area (Å²) in [6.07, 6.45) is 0.621. The lowest BCUT2D eigenvalue weighted by molar-refractivity contribution is -0.133. The zero-order valence-electron chi connectivity index (χ0n) is 11.4. The molecular formula is C17H12O5. The molecular weight excluding hydrogens is 284 g/mol. The molecule has 0 aliphatic heterocycles. The smallest absolute Gasteiger partial charge is 0.336 e. The van der Waals surface area contributed by atoms with Gasteiger partial charge in [0.2, 0.25) is 0 Å². The van der Waals surface area contributed by atoms with Crippen LogP contribution in [0.4, 0.5) is 0 Å². The molecule has 2 rings (SSSR count). The fourth-order valence-corrected chi connectivity index (χ4v) is 1.95.